The quantitative estimate of drug-likeness (QED) is 0.739. The van der Waals surface area contributed by atoms with Gasteiger partial charge in [0.25, 0.3) is 5.56 Å². The van der Waals surface area contributed by atoms with Crippen LogP contribution in [0.15, 0.2) is 29.1 Å². The van der Waals surface area contributed by atoms with Crippen molar-refractivity contribution >= 4 is 21.6 Å². The number of aromatic amines is 1. The van der Waals surface area contributed by atoms with Gasteiger partial charge in [-0.1, -0.05) is 12.1 Å². The highest BCUT2D eigenvalue weighted by atomic mass is 32.1. The summed E-state index contributed by atoms with van der Waals surface area (Å²) in [6.07, 6.45) is 0. The van der Waals surface area contributed by atoms with E-state index in [2.05, 4.69) is 9.97 Å². The number of nitrogens with one attached hydrogen (secondary N) is 1. The number of thiophene rings is 1. The van der Waals surface area contributed by atoms with E-state index in [1.165, 1.54) is 23.5 Å². The Kier molecular flexibility index (Phi) is 2.71. The Balaban J connectivity index is 2.37. The first-order valence-corrected chi connectivity index (χ1v) is 6.64. The number of hydrogen-bond donors (Lipinski definition) is 1. The minimum Gasteiger partial charge on any atom is -0.310 e. The van der Waals surface area contributed by atoms with E-state index in [9.17, 15) is 9.18 Å². The molecule has 1 aromatic carbocycles. The molecule has 3 nitrogen and oxygen atoms in total. The van der Waals surface area contributed by atoms with Crippen LogP contribution in [-0.4, -0.2) is 9.97 Å². The van der Waals surface area contributed by atoms with Crippen molar-refractivity contribution in [2.24, 2.45) is 0 Å². The van der Waals surface area contributed by atoms with Gasteiger partial charge in [0.15, 0.2) is 0 Å². The summed E-state index contributed by atoms with van der Waals surface area (Å²) in [5, 5.41) is 0. The van der Waals surface area contributed by atoms with E-state index in [-0.39, 0.29) is 11.4 Å². The molecule has 2 heterocycles. The van der Waals surface area contributed by atoms with Crippen molar-refractivity contribution in [3.63, 3.8) is 0 Å². The second-order valence-electron chi connectivity index (χ2n) is 4.37. The zero-order valence-corrected chi connectivity index (χ0v) is 11.3. The van der Waals surface area contributed by atoms with E-state index in [0.29, 0.717) is 16.0 Å². The number of rotatable bonds is 1. The fourth-order valence-corrected chi connectivity index (χ4v) is 3.18. The molecular formula is C14H11FN2OS. The van der Waals surface area contributed by atoms with Crippen LogP contribution < -0.4 is 5.56 Å². The molecule has 3 rings (SSSR count). The van der Waals surface area contributed by atoms with Gasteiger partial charge < -0.3 is 4.98 Å². The molecular weight excluding hydrogens is 263 g/mol. The van der Waals surface area contributed by atoms with Crippen LogP contribution in [0.2, 0.25) is 0 Å². The van der Waals surface area contributed by atoms with Gasteiger partial charge in [0.05, 0.1) is 5.52 Å². The van der Waals surface area contributed by atoms with Crippen LogP contribution in [0, 0.1) is 19.7 Å². The van der Waals surface area contributed by atoms with Gasteiger partial charge in [-0.05, 0) is 31.5 Å². The highest BCUT2D eigenvalue weighted by Crippen LogP contribution is 2.35. The second-order valence-corrected chi connectivity index (χ2v) is 5.59. The average molecular weight is 274 g/mol. The fraction of sp³-hybridized carbons (Fsp3) is 0.143. The molecule has 19 heavy (non-hydrogen) atoms. The molecule has 0 aliphatic heterocycles. The standard InChI is InChI=1S/C14H11FN2OS/c1-7-11(9-3-5-10(15)6-4-9)12-13(19-7)14(18)17-8(2)16-12/h3-6H,1-2H3,(H,16,17,18). The topological polar surface area (TPSA) is 45.8 Å². The molecule has 0 spiro atoms. The molecule has 2 aromatic heterocycles. The van der Waals surface area contributed by atoms with Gasteiger partial charge in [0, 0.05) is 10.4 Å². The fourth-order valence-electron chi connectivity index (χ4n) is 2.17. The molecule has 0 radical (unpaired) electrons. The van der Waals surface area contributed by atoms with Gasteiger partial charge in [0.2, 0.25) is 0 Å². The molecule has 0 unspecified atom stereocenters. The highest BCUT2D eigenvalue weighted by Gasteiger charge is 2.15. The minimum absolute atomic E-state index is 0.121. The lowest BCUT2D eigenvalue weighted by Gasteiger charge is -2.02. The average Bonchev–Trinajstić information content (AvgIpc) is 2.67. The Morgan fingerprint density at radius 3 is 2.58 bits per heavy atom. The Bertz CT molecular complexity index is 818. The molecule has 0 fully saturated rings. The van der Waals surface area contributed by atoms with Crippen molar-refractivity contribution in [2.75, 3.05) is 0 Å². The van der Waals surface area contributed by atoms with E-state index in [0.717, 1.165) is 16.0 Å². The molecule has 0 aliphatic rings. The number of fused-ring (bicyclic) bond motifs is 1. The first kappa shape index (κ1) is 12.0. The van der Waals surface area contributed by atoms with E-state index in [4.69, 9.17) is 0 Å². The maximum Gasteiger partial charge on any atom is 0.268 e. The van der Waals surface area contributed by atoms with Crippen molar-refractivity contribution in [3.05, 3.63) is 51.1 Å². The molecule has 0 atom stereocenters. The normalized spacial score (nSPS) is 11.1. The van der Waals surface area contributed by atoms with Crippen LogP contribution in [0.1, 0.15) is 10.7 Å². The van der Waals surface area contributed by atoms with Crippen molar-refractivity contribution in [1.82, 2.24) is 9.97 Å². The minimum atomic E-state index is -0.275. The summed E-state index contributed by atoms with van der Waals surface area (Å²) in [7, 11) is 0. The first-order valence-electron chi connectivity index (χ1n) is 5.82. The predicted molar refractivity (Wildman–Crippen MR) is 75.1 cm³/mol. The summed E-state index contributed by atoms with van der Waals surface area (Å²) in [6, 6.07) is 6.25. The van der Waals surface area contributed by atoms with Gasteiger partial charge in [-0.15, -0.1) is 11.3 Å². The molecule has 0 amide bonds. The molecule has 1 N–H and O–H groups in total. The van der Waals surface area contributed by atoms with Crippen molar-refractivity contribution < 1.29 is 4.39 Å². The van der Waals surface area contributed by atoms with Gasteiger partial charge >= 0.3 is 0 Å². The number of H-pyrrole nitrogens is 1. The van der Waals surface area contributed by atoms with Gasteiger partial charge in [-0.2, -0.15) is 0 Å². The SMILES string of the molecule is Cc1nc2c(-c3ccc(F)cc3)c(C)sc2c(=O)[nH]1. The predicted octanol–water partition coefficient (Wildman–Crippen LogP) is 3.41. The maximum atomic E-state index is 13.0. The summed E-state index contributed by atoms with van der Waals surface area (Å²) in [5.41, 5.74) is 2.36. The summed E-state index contributed by atoms with van der Waals surface area (Å²) < 4.78 is 13.6. The summed E-state index contributed by atoms with van der Waals surface area (Å²) >= 11 is 1.41. The van der Waals surface area contributed by atoms with Crippen LogP contribution >= 0.6 is 11.3 Å². The van der Waals surface area contributed by atoms with E-state index >= 15 is 0 Å². The number of halogens is 1. The largest absolute Gasteiger partial charge is 0.310 e. The number of aryl methyl sites for hydroxylation is 2. The van der Waals surface area contributed by atoms with Crippen LogP contribution in [0.4, 0.5) is 4.39 Å². The molecule has 5 heteroatoms. The third-order valence-corrected chi connectivity index (χ3v) is 4.07. The highest BCUT2D eigenvalue weighted by molar-refractivity contribution is 7.19. The Morgan fingerprint density at radius 1 is 1.21 bits per heavy atom. The van der Waals surface area contributed by atoms with Gasteiger partial charge in [-0.25, -0.2) is 9.37 Å². The number of nitrogens with zero attached hydrogens (tertiary/aromatic N) is 1. The van der Waals surface area contributed by atoms with Crippen LogP contribution in [0.25, 0.3) is 21.3 Å². The lowest BCUT2D eigenvalue weighted by atomic mass is 10.1. The van der Waals surface area contributed by atoms with Gasteiger partial charge in [-0.3, -0.25) is 4.79 Å². The lowest BCUT2D eigenvalue weighted by molar-refractivity contribution is 0.628. The zero-order chi connectivity index (χ0) is 13.6. The number of hydrogen-bond acceptors (Lipinski definition) is 3. The Morgan fingerprint density at radius 2 is 1.89 bits per heavy atom. The third-order valence-electron chi connectivity index (χ3n) is 2.97. The summed E-state index contributed by atoms with van der Waals surface area (Å²) in [4.78, 5) is 20.0. The molecule has 0 saturated carbocycles. The monoisotopic (exact) mass is 274 g/mol. The van der Waals surface area contributed by atoms with Crippen molar-refractivity contribution in [1.29, 1.82) is 0 Å². The smallest absolute Gasteiger partial charge is 0.268 e. The van der Waals surface area contributed by atoms with E-state index < -0.39 is 0 Å². The lowest BCUT2D eigenvalue weighted by Crippen LogP contribution is -2.07. The van der Waals surface area contributed by atoms with Crippen molar-refractivity contribution in [3.8, 4) is 11.1 Å². The first-order chi connectivity index (χ1) is 9.06. The summed E-state index contributed by atoms with van der Waals surface area (Å²) in [5.74, 6) is 0.307. The van der Waals surface area contributed by atoms with Crippen LogP contribution in [-0.2, 0) is 0 Å². The van der Waals surface area contributed by atoms with Crippen LogP contribution in [0.5, 0.6) is 0 Å². The Labute approximate surface area is 112 Å². The molecule has 0 bridgehead atoms. The third kappa shape index (κ3) is 1.96. The zero-order valence-electron chi connectivity index (χ0n) is 10.5. The van der Waals surface area contributed by atoms with E-state index in [1.54, 1.807) is 19.1 Å². The van der Waals surface area contributed by atoms with E-state index in [1.807, 2.05) is 6.92 Å². The summed E-state index contributed by atoms with van der Waals surface area (Å²) in [6.45, 7) is 3.70. The molecule has 96 valence electrons. The number of benzene rings is 1. The van der Waals surface area contributed by atoms with Gasteiger partial charge in [0.1, 0.15) is 16.3 Å². The van der Waals surface area contributed by atoms with Crippen LogP contribution in [0.3, 0.4) is 0 Å². The van der Waals surface area contributed by atoms with Crippen molar-refractivity contribution in [2.45, 2.75) is 13.8 Å². The molecule has 0 saturated heterocycles. The number of aromatic nitrogens is 2. The molecule has 3 aromatic rings. The second kappa shape index (κ2) is 4.28. The molecule has 0 aliphatic carbocycles. The Hall–Kier alpha value is -2.01. The maximum absolute atomic E-state index is 13.0.